The predicted octanol–water partition coefficient (Wildman–Crippen LogP) is 3.85. The zero-order valence-electron chi connectivity index (χ0n) is 15.6. The van der Waals surface area contributed by atoms with Crippen molar-refractivity contribution in [2.24, 2.45) is 0 Å². The Morgan fingerprint density at radius 1 is 1.31 bits per heavy atom. The number of nitrogens with zero attached hydrogens (tertiary/aromatic N) is 2. The number of H-pyrrole nitrogens is 1. The number of carbonyl (C=O) groups excluding carboxylic acids is 2. The first-order chi connectivity index (χ1) is 12.4. The van der Waals surface area contributed by atoms with Crippen molar-refractivity contribution < 1.29 is 14.3 Å². The molecule has 0 saturated heterocycles. The van der Waals surface area contributed by atoms with Gasteiger partial charge in [0, 0.05) is 12.2 Å². The lowest BCUT2D eigenvalue weighted by atomic mass is 10.1. The van der Waals surface area contributed by atoms with Crippen LogP contribution in [0.4, 0.5) is 5.13 Å². The van der Waals surface area contributed by atoms with Crippen LogP contribution in [0.2, 0.25) is 0 Å². The minimum absolute atomic E-state index is 0.0792. The Morgan fingerprint density at radius 3 is 2.69 bits per heavy atom. The number of aromatic nitrogens is 3. The van der Waals surface area contributed by atoms with Gasteiger partial charge in [-0.3, -0.25) is 4.79 Å². The molecule has 0 radical (unpaired) electrons. The minimum atomic E-state index is -0.408. The van der Waals surface area contributed by atoms with Crippen LogP contribution in [-0.4, -0.2) is 45.3 Å². The molecule has 0 aliphatic heterocycles. The van der Waals surface area contributed by atoms with Gasteiger partial charge >= 0.3 is 5.97 Å². The maximum Gasteiger partial charge on any atom is 0.340 e. The number of aryl methyl sites for hydroxylation is 1. The largest absolute Gasteiger partial charge is 0.462 e. The standard InChI is InChI=1S/C17H24N4O3S2/c1-6-8-18-16-20-21-17(26-16)25-11(5)14(22)13-9(3)12(10(4)19-13)15(23)24-7-2/h11,19H,6-8H2,1-5H3,(H,18,20)/t11-/m0/s1. The predicted molar refractivity (Wildman–Crippen MR) is 105 cm³/mol. The first kappa shape index (κ1) is 20.4. The van der Waals surface area contributed by atoms with E-state index in [1.165, 1.54) is 23.1 Å². The van der Waals surface area contributed by atoms with Crippen LogP contribution in [0.5, 0.6) is 0 Å². The van der Waals surface area contributed by atoms with Crippen LogP contribution >= 0.6 is 23.1 Å². The molecule has 2 rings (SSSR count). The van der Waals surface area contributed by atoms with Crippen LogP contribution in [0, 0.1) is 13.8 Å². The number of Topliss-reactive ketones (excluding diaryl/α,β-unsaturated/α-hetero) is 1. The average Bonchev–Trinajstić information content (AvgIpc) is 3.16. The summed E-state index contributed by atoms with van der Waals surface area (Å²) in [7, 11) is 0. The molecule has 2 aromatic heterocycles. The molecule has 0 saturated carbocycles. The molecule has 0 fully saturated rings. The fourth-order valence-corrected chi connectivity index (χ4v) is 4.46. The zero-order chi connectivity index (χ0) is 19.3. The van der Waals surface area contributed by atoms with Gasteiger partial charge in [0.2, 0.25) is 5.13 Å². The van der Waals surface area contributed by atoms with Crippen molar-refractivity contribution in [1.82, 2.24) is 15.2 Å². The molecule has 0 aliphatic rings. The molecule has 2 N–H and O–H groups in total. The number of carbonyl (C=O) groups is 2. The smallest absolute Gasteiger partial charge is 0.340 e. The van der Waals surface area contributed by atoms with Crippen molar-refractivity contribution in [3.8, 4) is 0 Å². The molecule has 0 spiro atoms. The van der Waals surface area contributed by atoms with Gasteiger partial charge in [-0.15, -0.1) is 10.2 Å². The van der Waals surface area contributed by atoms with Gasteiger partial charge < -0.3 is 15.0 Å². The van der Waals surface area contributed by atoms with Gasteiger partial charge in [-0.05, 0) is 39.7 Å². The van der Waals surface area contributed by atoms with E-state index in [0.29, 0.717) is 29.1 Å². The second-order valence-corrected chi connectivity index (χ2v) is 8.34. The lowest BCUT2D eigenvalue weighted by Gasteiger charge is -2.08. The molecule has 0 aromatic carbocycles. The molecule has 1 atom stereocenters. The van der Waals surface area contributed by atoms with Crippen molar-refractivity contribution in [2.45, 2.75) is 50.6 Å². The molecule has 0 aliphatic carbocycles. The monoisotopic (exact) mass is 396 g/mol. The summed E-state index contributed by atoms with van der Waals surface area (Å²) < 4.78 is 5.81. The summed E-state index contributed by atoms with van der Waals surface area (Å²) in [4.78, 5) is 28.0. The van der Waals surface area contributed by atoms with Gasteiger partial charge in [0.05, 0.1) is 23.1 Å². The molecular weight excluding hydrogens is 372 g/mol. The number of nitrogens with one attached hydrogen (secondary N) is 2. The first-order valence-corrected chi connectivity index (χ1v) is 10.2. The Hall–Kier alpha value is -1.87. The molecule has 26 heavy (non-hydrogen) atoms. The number of aromatic amines is 1. The Kier molecular flexibility index (Phi) is 7.22. The Bertz CT molecular complexity index is 785. The second-order valence-electron chi connectivity index (χ2n) is 5.77. The number of ketones is 1. The molecule has 7 nitrogen and oxygen atoms in total. The van der Waals surface area contributed by atoms with E-state index in [2.05, 4.69) is 27.4 Å². The lowest BCUT2D eigenvalue weighted by Crippen LogP contribution is -2.15. The lowest BCUT2D eigenvalue weighted by molar-refractivity contribution is 0.0525. The molecule has 0 unspecified atom stereocenters. The normalized spacial score (nSPS) is 12.0. The van der Waals surface area contributed by atoms with E-state index in [-0.39, 0.29) is 11.0 Å². The summed E-state index contributed by atoms with van der Waals surface area (Å²) in [6, 6.07) is 0. The molecule has 142 valence electrons. The summed E-state index contributed by atoms with van der Waals surface area (Å²) >= 11 is 2.79. The number of rotatable bonds is 9. The number of hydrogen-bond donors (Lipinski definition) is 2. The highest BCUT2D eigenvalue weighted by Gasteiger charge is 2.26. The Labute approximate surface area is 161 Å². The van der Waals surface area contributed by atoms with Gasteiger partial charge in [0.1, 0.15) is 0 Å². The van der Waals surface area contributed by atoms with E-state index in [9.17, 15) is 9.59 Å². The van der Waals surface area contributed by atoms with Crippen LogP contribution in [0.1, 0.15) is 59.3 Å². The third kappa shape index (κ3) is 4.64. The van der Waals surface area contributed by atoms with E-state index in [4.69, 9.17) is 4.74 Å². The topological polar surface area (TPSA) is 97.0 Å². The summed E-state index contributed by atoms with van der Waals surface area (Å²) in [6.45, 7) is 10.3. The SMILES string of the molecule is CCCNc1nnc(S[C@@H](C)C(=O)c2[nH]c(C)c(C(=O)OCC)c2C)s1. The highest BCUT2D eigenvalue weighted by atomic mass is 32.2. The van der Waals surface area contributed by atoms with Crippen molar-refractivity contribution in [3.63, 3.8) is 0 Å². The molecule has 2 heterocycles. The van der Waals surface area contributed by atoms with E-state index in [1.807, 2.05) is 6.92 Å². The molecule has 2 aromatic rings. The van der Waals surface area contributed by atoms with Gasteiger partial charge in [0.25, 0.3) is 0 Å². The highest BCUT2D eigenvalue weighted by Crippen LogP contribution is 2.31. The maximum atomic E-state index is 12.8. The van der Waals surface area contributed by atoms with E-state index >= 15 is 0 Å². The van der Waals surface area contributed by atoms with Gasteiger partial charge in [0.15, 0.2) is 10.1 Å². The fourth-order valence-electron chi connectivity index (χ4n) is 2.47. The second kappa shape index (κ2) is 9.18. The number of ether oxygens (including phenoxy) is 1. The van der Waals surface area contributed by atoms with Gasteiger partial charge in [-0.1, -0.05) is 30.0 Å². The van der Waals surface area contributed by atoms with Crippen molar-refractivity contribution >= 4 is 40.0 Å². The molecule has 0 amide bonds. The number of hydrogen-bond acceptors (Lipinski definition) is 8. The highest BCUT2D eigenvalue weighted by molar-refractivity contribution is 8.02. The maximum absolute atomic E-state index is 12.8. The van der Waals surface area contributed by atoms with Crippen LogP contribution in [-0.2, 0) is 4.74 Å². The van der Waals surface area contributed by atoms with Gasteiger partial charge in [-0.2, -0.15) is 0 Å². The van der Waals surface area contributed by atoms with Crippen LogP contribution in [0.15, 0.2) is 4.34 Å². The van der Waals surface area contributed by atoms with Crippen LogP contribution < -0.4 is 5.32 Å². The van der Waals surface area contributed by atoms with E-state index in [1.54, 1.807) is 20.8 Å². The van der Waals surface area contributed by atoms with Crippen molar-refractivity contribution in [3.05, 3.63) is 22.5 Å². The number of esters is 1. The van der Waals surface area contributed by atoms with Crippen LogP contribution in [0.3, 0.4) is 0 Å². The number of thioether (sulfide) groups is 1. The Balaban J connectivity index is 2.12. The van der Waals surface area contributed by atoms with Crippen LogP contribution in [0.25, 0.3) is 0 Å². The van der Waals surface area contributed by atoms with E-state index in [0.717, 1.165) is 22.4 Å². The van der Waals surface area contributed by atoms with E-state index < -0.39 is 5.97 Å². The summed E-state index contributed by atoms with van der Waals surface area (Å²) in [6.07, 6.45) is 1.01. The van der Waals surface area contributed by atoms with Crippen molar-refractivity contribution in [1.29, 1.82) is 0 Å². The third-order valence-electron chi connectivity index (χ3n) is 3.74. The summed E-state index contributed by atoms with van der Waals surface area (Å²) in [5, 5.41) is 11.8. The first-order valence-electron chi connectivity index (χ1n) is 8.53. The summed E-state index contributed by atoms with van der Waals surface area (Å²) in [5.41, 5.74) is 2.15. The molecular formula is C17H24N4O3S2. The third-order valence-corrected chi connectivity index (χ3v) is 5.81. The number of anilines is 1. The summed E-state index contributed by atoms with van der Waals surface area (Å²) in [5.74, 6) is -0.488. The quantitative estimate of drug-likeness (QED) is 0.377. The molecule has 9 heteroatoms. The zero-order valence-corrected chi connectivity index (χ0v) is 17.3. The fraction of sp³-hybridized carbons (Fsp3) is 0.529. The molecule has 0 bridgehead atoms. The van der Waals surface area contributed by atoms with Crippen molar-refractivity contribution in [2.75, 3.05) is 18.5 Å². The average molecular weight is 397 g/mol. The van der Waals surface area contributed by atoms with Gasteiger partial charge in [-0.25, -0.2) is 4.79 Å². The Morgan fingerprint density at radius 2 is 2.04 bits per heavy atom. The minimum Gasteiger partial charge on any atom is -0.462 e.